The minimum absolute atomic E-state index is 0.131. The van der Waals surface area contributed by atoms with Crippen molar-refractivity contribution in [3.8, 4) is 5.75 Å². The first-order chi connectivity index (χ1) is 9.22. The van der Waals surface area contributed by atoms with E-state index in [9.17, 15) is 9.59 Å². The van der Waals surface area contributed by atoms with Crippen molar-refractivity contribution in [2.24, 2.45) is 0 Å². The van der Waals surface area contributed by atoms with E-state index in [0.29, 0.717) is 22.4 Å². The standard InChI is InChI=1S/C16H12O3/c1-19-11-6-4-5-10(9-11)14-15(17)12-7-2-3-8-13(12)16(14)18/h2-9,14H,1H3. The molecule has 0 atom stereocenters. The Hall–Kier alpha value is -2.42. The highest BCUT2D eigenvalue weighted by Gasteiger charge is 2.39. The zero-order valence-corrected chi connectivity index (χ0v) is 10.4. The predicted molar refractivity (Wildman–Crippen MR) is 70.8 cm³/mol. The van der Waals surface area contributed by atoms with Crippen LogP contribution in [0.5, 0.6) is 5.75 Å². The third-order valence-electron chi connectivity index (χ3n) is 3.41. The molecule has 0 aromatic heterocycles. The Balaban J connectivity index is 2.08. The molecular weight excluding hydrogens is 240 g/mol. The summed E-state index contributed by atoms with van der Waals surface area (Å²) in [6.07, 6.45) is 0. The van der Waals surface area contributed by atoms with Crippen LogP contribution in [-0.2, 0) is 0 Å². The largest absolute Gasteiger partial charge is 0.497 e. The molecule has 94 valence electrons. The second-order valence-corrected chi connectivity index (χ2v) is 4.48. The summed E-state index contributed by atoms with van der Waals surface area (Å²) in [5, 5.41) is 0. The molecule has 0 amide bonds. The number of carbonyl (C=O) groups excluding carboxylic acids is 2. The Morgan fingerprint density at radius 2 is 1.53 bits per heavy atom. The fourth-order valence-electron chi connectivity index (χ4n) is 2.47. The summed E-state index contributed by atoms with van der Waals surface area (Å²) in [6.45, 7) is 0. The summed E-state index contributed by atoms with van der Waals surface area (Å²) < 4.78 is 5.14. The van der Waals surface area contributed by atoms with E-state index in [2.05, 4.69) is 0 Å². The molecular formula is C16H12O3. The average Bonchev–Trinajstić information content (AvgIpc) is 2.72. The van der Waals surface area contributed by atoms with Crippen LogP contribution in [0.25, 0.3) is 0 Å². The topological polar surface area (TPSA) is 43.4 Å². The summed E-state index contributed by atoms with van der Waals surface area (Å²) in [6, 6.07) is 14.1. The smallest absolute Gasteiger partial charge is 0.178 e. The lowest BCUT2D eigenvalue weighted by atomic mass is 9.94. The molecule has 0 aliphatic heterocycles. The number of hydrogen-bond donors (Lipinski definition) is 0. The van der Waals surface area contributed by atoms with Gasteiger partial charge in [0.2, 0.25) is 0 Å². The van der Waals surface area contributed by atoms with Crippen LogP contribution >= 0.6 is 0 Å². The fraction of sp³-hybridized carbons (Fsp3) is 0.125. The van der Waals surface area contributed by atoms with Gasteiger partial charge in [0.05, 0.1) is 7.11 Å². The van der Waals surface area contributed by atoms with Gasteiger partial charge in [-0.05, 0) is 17.7 Å². The van der Waals surface area contributed by atoms with Crippen LogP contribution in [0.15, 0.2) is 48.5 Å². The van der Waals surface area contributed by atoms with E-state index < -0.39 is 5.92 Å². The first kappa shape index (κ1) is 11.7. The molecule has 0 spiro atoms. The number of Topliss-reactive ketones (excluding diaryl/α,β-unsaturated/α-hetero) is 2. The number of ether oxygens (including phenoxy) is 1. The average molecular weight is 252 g/mol. The Kier molecular flexibility index (Phi) is 2.67. The van der Waals surface area contributed by atoms with Gasteiger partial charge < -0.3 is 4.74 Å². The van der Waals surface area contributed by atoms with Crippen LogP contribution in [0, 0.1) is 0 Å². The summed E-state index contributed by atoms with van der Waals surface area (Å²) in [7, 11) is 1.56. The van der Waals surface area contributed by atoms with E-state index in [4.69, 9.17) is 4.74 Å². The summed E-state index contributed by atoms with van der Waals surface area (Å²) in [5.41, 5.74) is 1.71. The molecule has 0 N–H and O–H groups in total. The van der Waals surface area contributed by atoms with Crippen molar-refractivity contribution >= 4 is 11.6 Å². The van der Waals surface area contributed by atoms with Crippen molar-refractivity contribution < 1.29 is 14.3 Å². The van der Waals surface area contributed by atoms with Crippen molar-refractivity contribution in [1.82, 2.24) is 0 Å². The molecule has 19 heavy (non-hydrogen) atoms. The second kappa shape index (κ2) is 4.35. The van der Waals surface area contributed by atoms with Crippen molar-refractivity contribution in [1.29, 1.82) is 0 Å². The van der Waals surface area contributed by atoms with Crippen LogP contribution < -0.4 is 4.74 Å². The van der Waals surface area contributed by atoms with E-state index >= 15 is 0 Å². The summed E-state index contributed by atoms with van der Waals surface area (Å²) >= 11 is 0. The van der Waals surface area contributed by atoms with Crippen LogP contribution in [0.2, 0.25) is 0 Å². The third-order valence-corrected chi connectivity index (χ3v) is 3.41. The lowest BCUT2D eigenvalue weighted by molar-refractivity contribution is 0.0890. The highest BCUT2D eigenvalue weighted by atomic mass is 16.5. The van der Waals surface area contributed by atoms with Gasteiger partial charge >= 0.3 is 0 Å². The highest BCUT2D eigenvalue weighted by molar-refractivity contribution is 6.29. The van der Waals surface area contributed by atoms with Gasteiger partial charge in [-0.2, -0.15) is 0 Å². The Bertz CT molecular complexity index is 638. The molecule has 3 rings (SSSR count). The van der Waals surface area contributed by atoms with Gasteiger partial charge in [0.1, 0.15) is 11.7 Å². The molecule has 0 bridgehead atoms. The van der Waals surface area contributed by atoms with E-state index in [1.54, 1.807) is 55.6 Å². The Morgan fingerprint density at radius 3 is 2.11 bits per heavy atom. The van der Waals surface area contributed by atoms with Gasteiger partial charge in [0.25, 0.3) is 0 Å². The van der Waals surface area contributed by atoms with Crippen molar-refractivity contribution in [3.05, 3.63) is 65.2 Å². The van der Waals surface area contributed by atoms with E-state index in [1.807, 2.05) is 0 Å². The number of ketones is 2. The van der Waals surface area contributed by atoms with Crippen LogP contribution in [0.3, 0.4) is 0 Å². The maximum Gasteiger partial charge on any atom is 0.178 e. The molecule has 0 saturated carbocycles. The molecule has 3 heteroatoms. The van der Waals surface area contributed by atoms with E-state index in [-0.39, 0.29) is 11.6 Å². The van der Waals surface area contributed by atoms with Crippen LogP contribution in [0.4, 0.5) is 0 Å². The molecule has 2 aromatic carbocycles. The van der Waals surface area contributed by atoms with Gasteiger partial charge in [0.15, 0.2) is 11.6 Å². The zero-order chi connectivity index (χ0) is 13.4. The number of rotatable bonds is 2. The van der Waals surface area contributed by atoms with E-state index in [1.165, 1.54) is 0 Å². The van der Waals surface area contributed by atoms with Crippen LogP contribution in [0.1, 0.15) is 32.2 Å². The van der Waals surface area contributed by atoms with Crippen molar-refractivity contribution in [3.63, 3.8) is 0 Å². The Morgan fingerprint density at radius 1 is 0.895 bits per heavy atom. The molecule has 1 aliphatic rings. The molecule has 0 saturated heterocycles. The molecule has 1 aliphatic carbocycles. The normalized spacial score (nSPS) is 14.6. The lowest BCUT2D eigenvalue weighted by Crippen LogP contribution is -2.12. The summed E-state index contributed by atoms with van der Waals surface area (Å²) in [4.78, 5) is 24.7. The fourth-order valence-corrected chi connectivity index (χ4v) is 2.47. The molecule has 0 unspecified atom stereocenters. The molecule has 2 aromatic rings. The minimum Gasteiger partial charge on any atom is -0.497 e. The quantitative estimate of drug-likeness (QED) is 0.772. The van der Waals surface area contributed by atoms with Crippen molar-refractivity contribution in [2.75, 3.05) is 7.11 Å². The van der Waals surface area contributed by atoms with Gasteiger partial charge in [0, 0.05) is 11.1 Å². The monoisotopic (exact) mass is 252 g/mol. The maximum absolute atomic E-state index is 12.3. The minimum atomic E-state index is -0.729. The number of methoxy groups -OCH3 is 1. The molecule has 0 radical (unpaired) electrons. The predicted octanol–water partition coefficient (Wildman–Crippen LogP) is 2.86. The maximum atomic E-state index is 12.3. The number of carbonyl (C=O) groups is 2. The first-order valence-electron chi connectivity index (χ1n) is 6.04. The molecule has 3 nitrogen and oxygen atoms in total. The van der Waals surface area contributed by atoms with Crippen LogP contribution in [-0.4, -0.2) is 18.7 Å². The third kappa shape index (κ3) is 1.74. The van der Waals surface area contributed by atoms with Gasteiger partial charge in [-0.3, -0.25) is 9.59 Å². The van der Waals surface area contributed by atoms with Gasteiger partial charge in [-0.1, -0.05) is 36.4 Å². The van der Waals surface area contributed by atoms with Crippen molar-refractivity contribution in [2.45, 2.75) is 5.92 Å². The molecule has 0 fully saturated rings. The number of hydrogen-bond acceptors (Lipinski definition) is 3. The van der Waals surface area contributed by atoms with Gasteiger partial charge in [-0.15, -0.1) is 0 Å². The Labute approximate surface area is 110 Å². The number of fused-ring (bicyclic) bond motifs is 1. The lowest BCUT2D eigenvalue weighted by Gasteiger charge is -2.08. The summed E-state index contributed by atoms with van der Waals surface area (Å²) in [5.74, 6) is -0.343. The first-order valence-corrected chi connectivity index (χ1v) is 6.04. The van der Waals surface area contributed by atoms with E-state index in [0.717, 1.165) is 0 Å². The second-order valence-electron chi connectivity index (χ2n) is 4.48. The number of benzene rings is 2. The molecule has 0 heterocycles. The SMILES string of the molecule is COc1cccc(C2C(=O)c3ccccc3C2=O)c1. The van der Waals surface area contributed by atoms with Gasteiger partial charge in [-0.25, -0.2) is 0 Å². The zero-order valence-electron chi connectivity index (χ0n) is 10.4. The highest BCUT2D eigenvalue weighted by Crippen LogP contribution is 2.34.